The Labute approximate surface area is 124 Å². The fourth-order valence-electron chi connectivity index (χ4n) is 0.924. The molecule has 0 amide bonds. The van der Waals surface area contributed by atoms with Crippen molar-refractivity contribution in [2.45, 2.75) is 27.7 Å². The average molecular weight is 398 g/mol. The summed E-state index contributed by atoms with van der Waals surface area (Å²) in [6.07, 6.45) is 0. The summed E-state index contributed by atoms with van der Waals surface area (Å²) in [6, 6.07) is 0. The Morgan fingerprint density at radius 2 is 0.889 bits per heavy atom. The van der Waals surface area contributed by atoms with E-state index in [0.717, 1.165) is 0 Å². The zero-order valence-corrected chi connectivity index (χ0v) is 14.2. The topological polar surface area (TPSA) is 80.3 Å². The van der Waals surface area contributed by atoms with Crippen LogP contribution in [0.1, 0.15) is 27.7 Å². The van der Waals surface area contributed by atoms with Gasteiger partial charge < -0.3 is 0 Å². The first-order valence-corrected chi connectivity index (χ1v) is 8.36. The Bertz CT molecular complexity index is 251. The summed E-state index contributed by atoms with van der Waals surface area (Å²) in [4.78, 5) is 0. The maximum atomic E-state index is 12.0. The monoisotopic (exact) mass is 397 g/mol. The van der Waals surface area contributed by atoms with Crippen molar-refractivity contribution in [1.29, 1.82) is 0 Å². The van der Waals surface area contributed by atoms with Gasteiger partial charge in [0.1, 0.15) is 0 Å². The van der Waals surface area contributed by atoms with E-state index in [9.17, 15) is 9.13 Å². The quantitative estimate of drug-likeness (QED) is 0.413. The first kappa shape index (κ1) is 21.3. The van der Waals surface area contributed by atoms with Crippen molar-refractivity contribution >= 4 is 15.6 Å². The number of hydrogen-bond acceptors (Lipinski definition) is 7. The molecule has 0 spiro atoms. The van der Waals surface area contributed by atoms with Crippen LogP contribution in [0.5, 0.6) is 0 Å². The van der Waals surface area contributed by atoms with Gasteiger partial charge in [0.15, 0.2) is 0 Å². The molecule has 7 nitrogen and oxygen atoms in total. The first-order chi connectivity index (χ1) is 7.95. The molecule has 0 N–H and O–H groups in total. The van der Waals surface area contributed by atoms with E-state index < -0.39 is 15.6 Å². The maximum absolute atomic E-state index is 12.0. The van der Waals surface area contributed by atoms with Crippen molar-refractivity contribution in [2.75, 3.05) is 26.4 Å². The molecule has 1 radical (unpaired) electrons. The molecule has 0 rings (SSSR count). The number of rotatable bonds is 10. The zero-order valence-electron chi connectivity index (χ0n) is 10.9. The van der Waals surface area contributed by atoms with Crippen LogP contribution in [0.3, 0.4) is 0 Å². The largest absolute Gasteiger partial charge is 0.483 e. The fourth-order valence-corrected chi connectivity index (χ4v) is 4.07. The Hall–Kier alpha value is 1.00. The van der Waals surface area contributed by atoms with Gasteiger partial charge in [0.25, 0.3) is 0 Å². The van der Waals surface area contributed by atoms with Crippen LogP contribution >= 0.6 is 15.6 Å². The van der Waals surface area contributed by atoms with Gasteiger partial charge in [-0.15, -0.1) is 0 Å². The smallest absolute Gasteiger partial charge is 0.287 e. The van der Waals surface area contributed by atoms with Gasteiger partial charge in [-0.2, -0.15) is 4.31 Å². The van der Waals surface area contributed by atoms with Gasteiger partial charge in [0.05, 0.1) is 26.4 Å². The molecule has 0 atom stereocenters. The Morgan fingerprint density at radius 3 is 1.06 bits per heavy atom. The normalized spacial score (nSPS) is 12.2. The number of hydrogen-bond donors (Lipinski definition) is 0. The van der Waals surface area contributed by atoms with Crippen LogP contribution < -0.4 is 0 Å². The van der Waals surface area contributed by atoms with E-state index in [1.165, 1.54) is 0 Å². The summed E-state index contributed by atoms with van der Waals surface area (Å²) in [5.74, 6) is 0. The predicted octanol–water partition coefficient (Wildman–Crippen LogP) is 3.36. The summed E-state index contributed by atoms with van der Waals surface area (Å²) in [6.45, 7) is 6.82. The van der Waals surface area contributed by atoms with Gasteiger partial charge in [-0.1, -0.05) is 0 Å². The summed E-state index contributed by atoms with van der Waals surface area (Å²) in [5.41, 5.74) is 0. The number of phosphoric acid groups is 2. The Balaban J connectivity index is 0. The molecule has 18 heavy (non-hydrogen) atoms. The molecule has 115 valence electrons. The van der Waals surface area contributed by atoms with Crippen molar-refractivity contribution in [3.63, 3.8) is 0 Å². The Morgan fingerprint density at radius 1 is 0.667 bits per heavy atom. The molecule has 0 aromatic heterocycles. The van der Waals surface area contributed by atoms with E-state index in [2.05, 4.69) is 0 Å². The molecular weight excluding hydrogens is 378 g/mol. The first-order valence-electron chi connectivity index (χ1n) is 5.44. The maximum Gasteiger partial charge on any atom is 0.483 e. The molecule has 0 heterocycles. The zero-order chi connectivity index (χ0) is 13.4. The third-order valence-corrected chi connectivity index (χ3v) is 5.25. The van der Waals surface area contributed by atoms with Gasteiger partial charge in [-0.3, -0.25) is 18.1 Å². The van der Waals surface area contributed by atoms with Gasteiger partial charge in [0, 0.05) is 22.4 Å². The standard InChI is InChI=1S/C8H20O7P2.Ag/c1-5-11-16(9,12-6-2)15-17(10,13-7-3)14-8-4;/h5-8H2,1-4H3;. The second-order valence-electron chi connectivity index (χ2n) is 2.65. The van der Waals surface area contributed by atoms with Crippen LogP contribution in [0.15, 0.2) is 0 Å². The summed E-state index contributed by atoms with van der Waals surface area (Å²) >= 11 is 0. The van der Waals surface area contributed by atoms with Crippen molar-refractivity contribution in [3.8, 4) is 0 Å². The summed E-state index contributed by atoms with van der Waals surface area (Å²) < 4.78 is 48.1. The molecule has 0 fully saturated rings. The van der Waals surface area contributed by atoms with Gasteiger partial charge in [-0.25, -0.2) is 9.13 Å². The molecular formula is C8H20AgO7P2. The van der Waals surface area contributed by atoms with Crippen LogP contribution in [-0.4, -0.2) is 26.4 Å². The predicted molar refractivity (Wildman–Crippen MR) is 62.8 cm³/mol. The minimum atomic E-state index is -3.91. The molecule has 0 unspecified atom stereocenters. The van der Waals surface area contributed by atoms with Crippen LogP contribution in [0.2, 0.25) is 0 Å². The molecule has 0 saturated heterocycles. The van der Waals surface area contributed by atoms with Gasteiger partial charge in [-0.05, 0) is 27.7 Å². The van der Waals surface area contributed by atoms with E-state index in [0.29, 0.717) is 0 Å². The van der Waals surface area contributed by atoms with Gasteiger partial charge in [0.2, 0.25) is 0 Å². The van der Waals surface area contributed by atoms with Crippen molar-refractivity contribution in [2.24, 2.45) is 0 Å². The Kier molecular flexibility index (Phi) is 12.7. The van der Waals surface area contributed by atoms with Crippen molar-refractivity contribution < 1.29 is 53.9 Å². The molecule has 0 aliphatic carbocycles. The van der Waals surface area contributed by atoms with E-state index in [4.69, 9.17) is 22.4 Å². The molecule has 0 saturated carbocycles. The molecule has 0 bridgehead atoms. The van der Waals surface area contributed by atoms with Crippen LogP contribution in [-0.2, 0) is 53.9 Å². The summed E-state index contributed by atoms with van der Waals surface area (Å²) in [5, 5.41) is 0. The molecule has 0 aromatic rings. The fraction of sp³-hybridized carbons (Fsp3) is 1.00. The second kappa shape index (κ2) is 10.7. The van der Waals surface area contributed by atoms with Crippen molar-refractivity contribution in [1.82, 2.24) is 0 Å². The van der Waals surface area contributed by atoms with E-state index in [-0.39, 0.29) is 48.8 Å². The third kappa shape index (κ3) is 8.23. The average Bonchev–Trinajstić information content (AvgIpc) is 2.17. The minimum absolute atomic E-state index is 0. The number of phosphoric ester groups is 2. The molecule has 0 aliphatic rings. The van der Waals surface area contributed by atoms with Gasteiger partial charge >= 0.3 is 15.6 Å². The third-order valence-electron chi connectivity index (χ3n) is 1.35. The molecule has 0 aromatic carbocycles. The SMILES string of the molecule is CCOP(=O)(OCC)OP(=O)(OCC)OCC.[Ag]. The van der Waals surface area contributed by atoms with Crippen LogP contribution in [0.25, 0.3) is 0 Å². The van der Waals surface area contributed by atoms with E-state index >= 15 is 0 Å². The molecule has 10 heteroatoms. The van der Waals surface area contributed by atoms with E-state index in [1.54, 1.807) is 27.7 Å². The van der Waals surface area contributed by atoms with Crippen LogP contribution in [0, 0.1) is 0 Å². The molecule has 0 aliphatic heterocycles. The van der Waals surface area contributed by atoms with E-state index in [1.807, 2.05) is 0 Å². The second-order valence-corrected chi connectivity index (χ2v) is 6.12. The van der Waals surface area contributed by atoms with Crippen molar-refractivity contribution in [3.05, 3.63) is 0 Å². The minimum Gasteiger partial charge on any atom is -0.287 e. The summed E-state index contributed by atoms with van der Waals surface area (Å²) in [7, 11) is -7.83. The van der Waals surface area contributed by atoms with Crippen LogP contribution in [0.4, 0.5) is 0 Å².